The Labute approximate surface area is 109 Å². The largest absolute Gasteiger partial charge is 0.459 e. The van der Waals surface area contributed by atoms with Crippen LogP contribution in [0.15, 0.2) is 23.2 Å². The van der Waals surface area contributed by atoms with E-state index in [4.69, 9.17) is 16.2 Å². The SMILES string of the molecule is NC1=NC2(CCCc3ccc(N)cc32)C(F)(F)CO1. The number of alkyl halides is 2. The third kappa shape index (κ3) is 1.66. The monoisotopic (exact) mass is 267 g/mol. The highest BCUT2D eigenvalue weighted by Gasteiger charge is 2.59. The number of hydrogen-bond acceptors (Lipinski definition) is 4. The van der Waals surface area contributed by atoms with Gasteiger partial charge in [-0.3, -0.25) is 0 Å². The Bertz CT molecular complexity index is 559. The van der Waals surface area contributed by atoms with Gasteiger partial charge in [0, 0.05) is 5.69 Å². The predicted octanol–water partition coefficient (Wildman–Crippen LogP) is 1.78. The number of aryl methyl sites for hydroxylation is 1. The van der Waals surface area contributed by atoms with Gasteiger partial charge in [0.15, 0.2) is 12.1 Å². The smallest absolute Gasteiger partial charge is 0.310 e. The summed E-state index contributed by atoms with van der Waals surface area (Å²) < 4.78 is 33.5. The van der Waals surface area contributed by atoms with Crippen molar-refractivity contribution in [1.29, 1.82) is 0 Å². The molecule has 1 spiro atoms. The Balaban J connectivity index is 2.25. The molecule has 0 aromatic heterocycles. The fourth-order valence-corrected chi connectivity index (χ4v) is 2.95. The van der Waals surface area contributed by atoms with E-state index >= 15 is 0 Å². The Kier molecular flexibility index (Phi) is 2.45. The molecule has 2 aliphatic rings. The van der Waals surface area contributed by atoms with Gasteiger partial charge in [0.25, 0.3) is 6.02 Å². The van der Waals surface area contributed by atoms with Gasteiger partial charge in [-0.25, -0.2) is 4.99 Å². The fraction of sp³-hybridized carbons (Fsp3) is 0.462. The molecule has 102 valence electrons. The molecular weight excluding hydrogens is 252 g/mol. The van der Waals surface area contributed by atoms with Gasteiger partial charge in [-0.15, -0.1) is 0 Å². The van der Waals surface area contributed by atoms with Gasteiger partial charge in [0.05, 0.1) is 0 Å². The van der Waals surface area contributed by atoms with Crippen molar-refractivity contribution in [2.45, 2.75) is 30.7 Å². The molecule has 1 aromatic carbocycles. The molecule has 1 heterocycles. The predicted molar refractivity (Wildman–Crippen MR) is 68.0 cm³/mol. The van der Waals surface area contributed by atoms with Crippen LogP contribution in [-0.2, 0) is 16.7 Å². The summed E-state index contributed by atoms with van der Waals surface area (Å²) in [5, 5.41) is 0. The number of benzene rings is 1. The molecule has 6 heteroatoms. The number of fused-ring (bicyclic) bond motifs is 2. The maximum Gasteiger partial charge on any atom is 0.310 e. The third-order valence-corrected chi connectivity index (χ3v) is 3.87. The van der Waals surface area contributed by atoms with Gasteiger partial charge in [-0.2, -0.15) is 8.78 Å². The number of nitrogen functional groups attached to an aromatic ring is 1. The highest BCUT2D eigenvalue weighted by Crippen LogP contribution is 2.50. The molecule has 0 fully saturated rings. The highest BCUT2D eigenvalue weighted by atomic mass is 19.3. The van der Waals surface area contributed by atoms with Crippen molar-refractivity contribution in [2.24, 2.45) is 10.7 Å². The number of aliphatic imine (C=N–C) groups is 1. The van der Waals surface area contributed by atoms with Crippen molar-refractivity contribution in [1.82, 2.24) is 0 Å². The molecule has 4 nitrogen and oxygen atoms in total. The van der Waals surface area contributed by atoms with Gasteiger partial charge < -0.3 is 16.2 Å². The van der Waals surface area contributed by atoms with E-state index in [1.165, 1.54) is 0 Å². The lowest BCUT2D eigenvalue weighted by atomic mass is 9.72. The second kappa shape index (κ2) is 3.82. The highest BCUT2D eigenvalue weighted by molar-refractivity contribution is 5.73. The molecule has 0 saturated heterocycles. The van der Waals surface area contributed by atoms with E-state index in [0.717, 1.165) is 12.0 Å². The quantitative estimate of drug-likeness (QED) is 0.704. The van der Waals surface area contributed by atoms with Crippen LogP contribution < -0.4 is 11.5 Å². The van der Waals surface area contributed by atoms with Gasteiger partial charge in [-0.1, -0.05) is 6.07 Å². The van der Waals surface area contributed by atoms with Crippen molar-refractivity contribution in [3.8, 4) is 0 Å². The third-order valence-electron chi connectivity index (χ3n) is 3.87. The van der Waals surface area contributed by atoms with Crippen LogP contribution in [0.2, 0.25) is 0 Å². The number of nitrogens with zero attached hydrogens (tertiary/aromatic N) is 1. The topological polar surface area (TPSA) is 73.6 Å². The van der Waals surface area contributed by atoms with E-state index in [0.29, 0.717) is 17.7 Å². The van der Waals surface area contributed by atoms with Crippen molar-refractivity contribution in [2.75, 3.05) is 12.3 Å². The fourth-order valence-electron chi connectivity index (χ4n) is 2.95. The number of rotatable bonds is 0. The van der Waals surface area contributed by atoms with Crippen LogP contribution in [0, 0.1) is 0 Å². The maximum absolute atomic E-state index is 14.4. The maximum atomic E-state index is 14.4. The Morgan fingerprint density at radius 2 is 2.05 bits per heavy atom. The van der Waals surface area contributed by atoms with Gasteiger partial charge in [0.2, 0.25) is 0 Å². The molecule has 0 amide bonds. The average Bonchev–Trinajstić information content (AvgIpc) is 2.36. The summed E-state index contributed by atoms with van der Waals surface area (Å²) in [6.07, 6.45) is 1.65. The van der Waals surface area contributed by atoms with Crippen molar-refractivity contribution in [3.05, 3.63) is 29.3 Å². The molecule has 1 aliphatic carbocycles. The molecule has 0 radical (unpaired) electrons. The summed E-state index contributed by atoms with van der Waals surface area (Å²) in [5.74, 6) is -3.08. The molecule has 1 unspecified atom stereocenters. The van der Waals surface area contributed by atoms with Crippen LogP contribution in [0.4, 0.5) is 14.5 Å². The number of anilines is 1. The molecule has 1 atom stereocenters. The van der Waals surface area contributed by atoms with Gasteiger partial charge in [-0.05, 0) is 42.5 Å². The van der Waals surface area contributed by atoms with Crippen LogP contribution in [0.5, 0.6) is 0 Å². The minimum atomic E-state index is -3.08. The first-order valence-electron chi connectivity index (χ1n) is 6.19. The van der Waals surface area contributed by atoms with E-state index < -0.39 is 18.1 Å². The summed E-state index contributed by atoms with van der Waals surface area (Å²) in [4.78, 5) is 3.98. The Hall–Kier alpha value is -1.85. The zero-order chi connectivity index (χ0) is 13.7. The molecule has 1 aliphatic heterocycles. The van der Waals surface area contributed by atoms with Crippen molar-refractivity contribution in [3.63, 3.8) is 0 Å². The molecule has 1 aromatic rings. The lowest BCUT2D eigenvalue weighted by molar-refractivity contribution is -0.127. The molecule has 0 bridgehead atoms. The average molecular weight is 267 g/mol. The summed E-state index contributed by atoms with van der Waals surface area (Å²) in [6.45, 7) is -0.740. The minimum Gasteiger partial charge on any atom is -0.459 e. The van der Waals surface area contributed by atoms with Crippen LogP contribution in [0.3, 0.4) is 0 Å². The lowest BCUT2D eigenvalue weighted by Gasteiger charge is -2.43. The minimum absolute atomic E-state index is 0.179. The van der Waals surface area contributed by atoms with E-state index in [-0.39, 0.29) is 12.4 Å². The molecule has 3 rings (SSSR count). The number of nitrogens with two attached hydrogens (primary N) is 2. The normalized spacial score (nSPS) is 28.4. The van der Waals surface area contributed by atoms with Crippen LogP contribution >= 0.6 is 0 Å². The lowest BCUT2D eigenvalue weighted by Crippen LogP contribution is -2.54. The first-order chi connectivity index (χ1) is 8.95. The van der Waals surface area contributed by atoms with E-state index in [9.17, 15) is 8.78 Å². The van der Waals surface area contributed by atoms with Crippen LogP contribution in [-0.4, -0.2) is 18.6 Å². The summed E-state index contributed by atoms with van der Waals surface area (Å²) >= 11 is 0. The van der Waals surface area contributed by atoms with Gasteiger partial charge in [0.1, 0.15) is 0 Å². The van der Waals surface area contributed by atoms with Crippen LogP contribution in [0.1, 0.15) is 24.0 Å². The zero-order valence-corrected chi connectivity index (χ0v) is 10.3. The summed E-state index contributed by atoms with van der Waals surface area (Å²) in [7, 11) is 0. The second-order valence-electron chi connectivity index (χ2n) is 5.07. The van der Waals surface area contributed by atoms with Gasteiger partial charge >= 0.3 is 5.92 Å². The standard InChI is InChI=1S/C13H15F2N3O/c14-13(15)7-19-11(17)18-12(13)5-1-2-8-3-4-9(16)6-10(8)12/h3-4,6H,1-2,5,7,16H2,(H2,17,18). The number of halogens is 2. The number of hydrogen-bond donors (Lipinski definition) is 2. The second-order valence-corrected chi connectivity index (χ2v) is 5.07. The van der Waals surface area contributed by atoms with E-state index in [2.05, 4.69) is 4.99 Å². The van der Waals surface area contributed by atoms with E-state index in [1.807, 2.05) is 0 Å². The Morgan fingerprint density at radius 3 is 2.84 bits per heavy atom. The molecule has 4 N–H and O–H groups in total. The van der Waals surface area contributed by atoms with Crippen molar-refractivity contribution < 1.29 is 13.5 Å². The Morgan fingerprint density at radius 1 is 1.26 bits per heavy atom. The molecule has 19 heavy (non-hydrogen) atoms. The number of amidine groups is 1. The summed E-state index contributed by atoms with van der Waals surface area (Å²) in [6, 6.07) is 4.93. The van der Waals surface area contributed by atoms with E-state index in [1.54, 1.807) is 18.2 Å². The first kappa shape index (κ1) is 12.2. The number of ether oxygens (including phenoxy) is 1. The zero-order valence-electron chi connectivity index (χ0n) is 10.3. The molecule has 0 saturated carbocycles. The van der Waals surface area contributed by atoms with Crippen LogP contribution in [0.25, 0.3) is 0 Å². The van der Waals surface area contributed by atoms with Crippen molar-refractivity contribution >= 4 is 11.7 Å². The molecular formula is C13H15F2N3O. The summed E-state index contributed by atoms with van der Waals surface area (Å²) in [5.41, 5.74) is 11.4. The first-order valence-corrected chi connectivity index (χ1v) is 6.19.